The van der Waals surface area contributed by atoms with E-state index in [1.54, 1.807) is 30.1 Å². The van der Waals surface area contributed by atoms with Crippen molar-refractivity contribution in [1.82, 2.24) is 39.7 Å². The van der Waals surface area contributed by atoms with Gasteiger partial charge in [0.05, 0.1) is 38.7 Å². The highest BCUT2D eigenvalue weighted by Crippen LogP contribution is 2.36. The molecule has 0 bridgehead atoms. The lowest BCUT2D eigenvalue weighted by molar-refractivity contribution is 0.368. The smallest absolute Gasteiger partial charge is 0.245 e. The van der Waals surface area contributed by atoms with Crippen LogP contribution in [0.2, 0.25) is 5.02 Å². The number of aromatic nitrogens is 8. The van der Waals surface area contributed by atoms with Gasteiger partial charge in [0.25, 0.3) is 0 Å². The minimum absolute atomic E-state index is 0.224. The first kappa shape index (κ1) is 25.7. The fourth-order valence-electron chi connectivity index (χ4n) is 4.04. The number of hydrogen-bond acceptors (Lipinski definition) is 13. The average molecular weight is 557 g/mol. The zero-order valence-electron chi connectivity index (χ0n) is 20.9. The Bertz CT molecular complexity index is 1370. The quantitative estimate of drug-likeness (QED) is 0.302. The summed E-state index contributed by atoms with van der Waals surface area (Å²) in [4.78, 5) is 24.0. The lowest BCUT2D eigenvalue weighted by atomic mass is 10.1. The third kappa shape index (κ3) is 5.36. The van der Waals surface area contributed by atoms with E-state index in [1.165, 1.54) is 32.5 Å². The van der Waals surface area contributed by atoms with Crippen LogP contribution in [0.15, 0.2) is 36.9 Å². The van der Waals surface area contributed by atoms with Crippen LogP contribution in [0.3, 0.4) is 0 Å². The maximum atomic E-state index is 5.96. The van der Waals surface area contributed by atoms with E-state index in [2.05, 4.69) is 44.7 Å². The number of nitrogens with zero attached hydrogens (tertiary/aromatic N) is 9. The summed E-state index contributed by atoms with van der Waals surface area (Å²) in [5.74, 6) is 2.54. The summed E-state index contributed by atoms with van der Waals surface area (Å²) in [7, 11) is 4.60. The highest BCUT2D eigenvalue weighted by Gasteiger charge is 2.27. The lowest BCUT2D eigenvalue weighted by Gasteiger charge is -2.32. The van der Waals surface area contributed by atoms with Crippen LogP contribution in [0.25, 0.3) is 17.2 Å². The van der Waals surface area contributed by atoms with Gasteiger partial charge in [0.2, 0.25) is 29.5 Å². The third-order valence-electron chi connectivity index (χ3n) is 5.77. The molecule has 0 aliphatic carbocycles. The van der Waals surface area contributed by atoms with Crippen molar-refractivity contribution in [2.75, 3.05) is 44.0 Å². The van der Waals surface area contributed by atoms with E-state index in [4.69, 9.17) is 25.8 Å². The average Bonchev–Trinajstić information content (AvgIpc) is 3.39. The number of rotatable bonds is 9. The van der Waals surface area contributed by atoms with Gasteiger partial charge >= 0.3 is 0 Å². The fourth-order valence-corrected chi connectivity index (χ4v) is 5.08. The van der Waals surface area contributed by atoms with Crippen molar-refractivity contribution in [3.63, 3.8) is 0 Å². The van der Waals surface area contributed by atoms with Crippen LogP contribution in [-0.4, -0.2) is 79.4 Å². The summed E-state index contributed by atoms with van der Waals surface area (Å²) in [6.07, 6.45) is 6.58. The Morgan fingerprint density at radius 1 is 1.00 bits per heavy atom. The van der Waals surface area contributed by atoms with Crippen LogP contribution < -0.4 is 23.8 Å². The molecule has 5 rings (SSSR count). The number of hydrogen-bond donors (Lipinski definition) is 1. The summed E-state index contributed by atoms with van der Waals surface area (Å²) in [6.45, 7) is 1.62. The minimum atomic E-state index is 0.224. The van der Waals surface area contributed by atoms with Gasteiger partial charge in [-0.3, -0.25) is 4.72 Å². The van der Waals surface area contributed by atoms with Crippen molar-refractivity contribution in [1.29, 1.82) is 0 Å². The molecule has 0 amide bonds. The Hall–Kier alpha value is -3.91. The molecule has 15 heteroatoms. The third-order valence-corrected chi connectivity index (χ3v) is 6.99. The minimum Gasteiger partial charge on any atom is -0.481 e. The van der Waals surface area contributed by atoms with Crippen molar-refractivity contribution in [3.8, 4) is 34.8 Å². The number of halogens is 1. The van der Waals surface area contributed by atoms with Crippen LogP contribution in [0.4, 0.5) is 11.9 Å². The van der Waals surface area contributed by atoms with Gasteiger partial charge in [-0.1, -0.05) is 17.7 Å². The Morgan fingerprint density at radius 3 is 2.47 bits per heavy atom. The van der Waals surface area contributed by atoms with Gasteiger partial charge in [-0.15, -0.1) is 10.2 Å². The van der Waals surface area contributed by atoms with Gasteiger partial charge in [0.1, 0.15) is 12.0 Å². The predicted octanol–water partition coefficient (Wildman–Crippen LogP) is 3.32. The van der Waals surface area contributed by atoms with Crippen LogP contribution >= 0.6 is 23.5 Å². The van der Waals surface area contributed by atoms with Gasteiger partial charge in [-0.25, -0.2) is 19.5 Å². The molecule has 13 nitrogen and oxygen atoms in total. The number of piperidine rings is 1. The molecule has 1 saturated heterocycles. The molecule has 4 aromatic rings. The molecule has 1 aliphatic rings. The van der Waals surface area contributed by atoms with E-state index in [0.29, 0.717) is 40.0 Å². The monoisotopic (exact) mass is 556 g/mol. The molecule has 38 heavy (non-hydrogen) atoms. The highest BCUT2D eigenvalue weighted by molar-refractivity contribution is 8.01. The first-order chi connectivity index (χ1) is 18.6. The number of methoxy groups -OCH3 is 3. The molecule has 0 spiro atoms. The molecular formula is C23H25ClN10O3S. The van der Waals surface area contributed by atoms with E-state index in [0.717, 1.165) is 25.9 Å². The van der Waals surface area contributed by atoms with Crippen molar-refractivity contribution in [3.05, 3.63) is 41.9 Å². The Labute approximate surface area is 228 Å². The van der Waals surface area contributed by atoms with Crippen LogP contribution in [0, 0.1) is 0 Å². The van der Waals surface area contributed by atoms with Gasteiger partial charge < -0.3 is 19.1 Å². The molecule has 0 saturated carbocycles. The van der Waals surface area contributed by atoms with Crippen molar-refractivity contribution in [2.24, 2.45) is 0 Å². The number of pyridine rings is 1. The fraction of sp³-hybridized carbons (Fsp3) is 0.348. The molecule has 1 fully saturated rings. The first-order valence-electron chi connectivity index (χ1n) is 11.7. The normalized spacial score (nSPS) is 15.3. The van der Waals surface area contributed by atoms with E-state index < -0.39 is 0 Å². The van der Waals surface area contributed by atoms with E-state index in [9.17, 15) is 0 Å². The van der Waals surface area contributed by atoms with Crippen LogP contribution in [0.5, 0.6) is 17.6 Å². The van der Waals surface area contributed by atoms with Gasteiger partial charge in [0.15, 0.2) is 11.5 Å². The number of anilines is 2. The summed E-state index contributed by atoms with van der Waals surface area (Å²) >= 11 is 7.50. The summed E-state index contributed by atoms with van der Waals surface area (Å²) in [5.41, 5.74) is 0.969. The van der Waals surface area contributed by atoms with Crippen molar-refractivity contribution < 1.29 is 14.2 Å². The van der Waals surface area contributed by atoms with Gasteiger partial charge in [-0.05, 0) is 30.9 Å². The SMILES string of the molecule is COc1cccc(-c2nnc(NSC3CCCN(c4ncc(Cl)cn4)C3)n2-c2c(OC)ncnc2OC)n1. The topological polar surface area (TPSA) is 138 Å². The molecular weight excluding hydrogens is 532 g/mol. The molecule has 0 radical (unpaired) electrons. The summed E-state index contributed by atoms with van der Waals surface area (Å²) in [6, 6.07) is 5.40. The Kier molecular flexibility index (Phi) is 7.89. The maximum absolute atomic E-state index is 5.96. The zero-order chi connectivity index (χ0) is 26.5. The predicted molar refractivity (Wildman–Crippen MR) is 143 cm³/mol. The van der Waals surface area contributed by atoms with Crippen molar-refractivity contribution >= 4 is 35.4 Å². The van der Waals surface area contributed by atoms with Crippen molar-refractivity contribution in [2.45, 2.75) is 18.1 Å². The second-order valence-electron chi connectivity index (χ2n) is 8.12. The van der Waals surface area contributed by atoms with Crippen LogP contribution in [0.1, 0.15) is 12.8 Å². The molecule has 4 aromatic heterocycles. The largest absolute Gasteiger partial charge is 0.481 e. The van der Waals surface area contributed by atoms with Gasteiger partial charge in [0, 0.05) is 24.4 Å². The molecule has 1 atom stereocenters. The first-order valence-corrected chi connectivity index (χ1v) is 12.9. The molecule has 1 aliphatic heterocycles. The molecule has 198 valence electrons. The molecule has 1 unspecified atom stereocenters. The second-order valence-corrected chi connectivity index (χ2v) is 9.66. The van der Waals surface area contributed by atoms with Gasteiger partial charge in [-0.2, -0.15) is 9.97 Å². The molecule has 1 N–H and O–H groups in total. The van der Waals surface area contributed by atoms with E-state index in [1.807, 2.05) is 12.1 Å². The Balaban J connectivity index is 1.47. The second kappa shape index (κ2) is 11.6. The number of ether oxygens (including phenoxy) is 3. The highest BCUT2D eigenvalue weighted by atomic mass is 35.5. The Morgan fingerprint density at radius 2 is 1.76 bits per heavy atom. The lowest BCUT2D eigenvalue weighted by Crippen LogP contribution is -2.38. The summed E-state index contributed by atoms with van der Waals surface area (Å²) in [5, 5.41) is 9.59. The standard InChI is InChI=1S/C23H25ClN10O3S/c1-35-17-8-4-7-16(29-17)19-30-31-23(34(19)18-20(36-2)27-13-28-21(18)37-3)32-38-15-6-5-9-33(12-15)22-25-10-14(24)11-26-22/h4,7-8,10-11,13,15H,5-6,9,12H2,1-3H3,(H,31,32). The molecule has 0 aromatic carbocycles. The van der Waals surface area contributed by atoms with Crippen LogP contribution in [-0.2, 0) is 0 Å². The summed E-state index contributed by atoms with van der Waals surface area (Å²) < 4.78 is 21.5. The van der Waals surface area contributed by atoms with E-state index in [-0.39, 0.29) is 17.0 Å². The maximum Gasteiger partial charge on any atom is 0.245 e. The number of nitrogens with one attached hydrogen (secondary N) is 1. The van der Waals surface area contributed by atoms with E-state index >= 15 is 0 Å². The zero-order valence-corrected chi connectivity index (χ0v) is 22.5. The molecule has 5 heterocycles.